The molecule has 0 fully saturated rings. The molecule has 0 aromatic heterocycles. The molecule has 1 rings (SSSR count). The van der Waals surface area contributed by atoms with Crippen LogP contribution in [0, 0.1) is 0 Å². The molecule has 2 nitrogen and oxygen atoms in total. The maximum atomic E-state index is 8.66. The van der Waals surface area contributed by atoms with Crippen LogP contribution in [0.1, 0.15) is 18.5 Å². The van der Waals surface area contributed by atoms with Crippen molar-refractivity contribution < 1.29 is 5.11 Å². The van der Waals surface area contributed by atoms with E-state index in [9.17, 15) is 0 Å². The number of rotatable bonds is 4. The minimum Gasteiger partial charge on any atom is -0.395 e. The maximum Gasteiger partial charge on any atom is 0.0556 e. The van der Waals surface area contributed by atoms with Crippen molar-refractivity contribution in [1.29, 1.82) is 0 Å². The lowest BCUT2D eigenvalue weighted by molar-refractivity contribution is 0.286. The van der Waals surface area contributed by atoms with Gasteiger partial charge in [0.2, 0.25) is 0 Å². The Morgan fingerprint density at radius 3 is 2.77 bits per heavy atom. The Morgan fingerprint density at radius 1 is 1.46 bits per heavy atom. The molecule has 0 amide bonds. The van der Waals surface area contributed by atoms with Crippen LogP contribution in [0.4, 0.5) is 0 Å². The number of aliphatic hydroxyl groups excluding tert-OH is 1. The Labute approximate surface area is 87.1 Å². The SMILES string of the molecule is CC(NCCO)c1ccccc1Br. The van der Waals surface area contributed by atoms with E-state index in [4.69, 9.17) is 5.11 Å². The highest BCUT2D eigenvalue weighted by Crippen LogP contribution is 2.22. The van der Waals surface area contributed by atoms with Crippen LogP contribution in [0.25, 0.3) is 0 Å². The predicted molar refractivity (Wildman–Crippen MR) is 57.6 cm³/mol. The molecular formula is C10H14BrNO. The topological polar surface area (TPSA) is 32.3 Å². The molecule has 0 saturated carbocycles. The lowest BCUT2D eigenvalue weighted by Crippen LogP contribution is -2.22. The van der Waals surface area contributed by atoms with E-state index in [2.05, 4.69) is 34.2 Å². The first-order valence-electron chi connectivity index (χ1n) is 4.34. The molecule has 0 saturated heterocycles. The smallest absolute Gasteiger partial charge is 0.0556 e. The van der Waals surface area contributed by atoms with Crippen molar-refractivity contribution in [3.8, 4) is 0 Å². The zero-order valence-electron chi connectivity index (χ0n) is 7.63. The summed E-state index contributed by atoms with van der Waals surface area (Å²) >= 11 is 3.49. The van der Waals surface area contributed by atoms with Gasteiger partial charge >= 0.3 is 0 Å². The highest BCUT2D eigenvalue weighted by molar-refractivity contribution is 9.10. The van der Waals surface area contributed by atoms with Gasteiger partial charge in [0.1, 0.15) is 0 Å². The van der Waals surface area contributed by atoms with E-state index in [-0.39, 0.29) is 12.6 Å². The van der Waals surface area contributed by atoms with Gasteiger partial charge < -0.3 is 10.4 Å². The van der Waals surface area contributed by atoms with Gasteiger partial charge in [-0.3, -0.25) is 0 Å². The van der Waals surface area contributed by atoms with Crippen molar-refractivity contribution in [2.75, 3.05) is 13.2 Å². The Balaban J connectivity index is 2.65. The molecule has 13 heavy (non-hydrogen) atoms. The zero-order valence-corrected chi connectivity index (χ0v) is 9.21. The summed E-state index contributed by atoms with van der Waals surface area (Å²) in [7, 11) is 0. The van der Waals surface area contributed by atoms with Crippen molar-refractivity contribution in [2.45, 2.75) is 13.0 Å². The average molecular weight is 244 g/mol. The first-order valence-corrected chi connectivity index (χ1v) is 5.13. The molecule has 1 unspecified atom stereocenters. The monoisotopic (exact) mass is 243 g/mol. The van der Waals surface area contributed by atoms with Crippen LogP contribution in [-0.4, -0.2) is 18.3 Å². The average Bonchev–Trinajstić information content (AvgIpc) is 2.15. The second kappa shape index (κ2) is 5.37. The van der Waals surface area contributed by atoms with Gasteiger partial charge in [-0.25, -0.2) is 0 Å². The molecule has 0 aliphatic carbocycles. The van der Waals surface area contributed by atoms with Crippen LogP contribution in [0.2, 0.25) is 0 Å². The number of benzene rings is 1. The van der Waals surface area contributed by atoms with E-state index in [1.807, 2.05) is 18.2 Å². The summed E-state index contributed by atoms with van der Waals surface area (Å²) < 4.78 is 1.10. The van der Waals surface area contributed by atoms with Crippen LogP contribution < -0.4 is 5.32 Å². The van der Waals surface area contributed by atoms with E-state index in [1.54, 1.807) is 0 Å². The number of nitrogens with one attached hydrogen (secondary N) is 1. The fraction of sp³-hybridized carbons (Fsp3) is 0.400. The molecule has 1 aromatic carbocycles. The lowest BCUT2D eigenvalue weighted by Gasteiger charge is -2.14. The van der Waals surface area contributed by atoms with Gasteiger partial charge in [-0.2, -0.15) is 0 Å². The molecule has 0 heterocycles. The van der Waals surface area contributed by atoms with Crippen LogP contribution in [-0.2, 0) is 0 Å². The Hall–Kier alpha value is -0.380. The Bertz CT molecular complexity index is 265. The minimum absolute atomic E-state index is 0.175. The van der Waals surface area contributed by atoms with E-state index in [1.165, 1.54) is 5.56 Å². The second-order valence-electron chi connectivity index (χ2n) is 2.92. The van der Waals surface area contributed by atoms with E-state index >= 15 is 0 Å². The number of halogens is 1. The third-order valence-electron chi connectivity index (χ3n) is 1.93. The van der Waals surface area contributed by atoms with Gasteiger partial charge in [0.15, 0.2) is 0 Å². The van der Waals surface area contributed by atoms with Crippen LogP contribution in [0.3, 0.4) is 0 Å². The Kier molecular flexibility index (Phi) is 4.42. The Morgan fingerprint density at radius 2 is 2.15 bits per heavy atom. The van der Waals surface area contributed by atoms with E-state index in [0.29, 0.717) is 6.54 Å². The molecule has 0 bridgehead atoms. The fourth-order valence-corrected chi connectivity index (χ4v) is 1.85. The molecule has 2 N–H and O–H groups in total. The standard InChI is InChI=1S/C10H14BrNO/c1-8(12-6-7-13)9-4-2-3-5-10(9)11/h2-5,8,12-13H,6-7H2,1H3. The zero-order chi connectivity index (χ0) is 9.68. The van der Waals surface area contributed by atoms with Gasteiger partial charge in [-0.1, -0.05) is 34.1 Å². The molecule has 1 atom stereocenters. The largest absolute Gasteiger partial charge is 0.395 e. The van der Waals surface area contributed by atoms with Crippen molar-refractivity contribution in [1.82, 2.24) is 5.32 Å². The summed E-state index contributed by atoms with van der Waals surface area (Å²) in [5.74, 6) is 0. The summed E-state index contributed by atoms with van der Waals surface area (Å²) in [6.45, 7) is 2.88. The summed E-state index contributed by atoms with van der Waals surface area (Å²) in [5.41, 5.74) is 1.22. The molecule has 0 aliphatic rings. The van der Waals surface area contributed by atoms with Crippen molar-refractivity contribution in [3.63, 3.8) is 0 Å². The van der Waals surface area contributed by atoms with E-state index in [0.717, 1.165) is 4.47 Å². The lowest BCUT2D eigenvalue weighted by atomic mass is 10.1. The summed E-state index contributed by atoms with van der Waals surface area (Å²) in [5, 5.41) is 11.9. The molecule has 1 aromatic rings. The minimum atomic E-state index is 0.175. The van der Waals surface area contributed by atoms with Crippen molar-refractivity contribution >= 4 is 15.9 Å². The first kappa shape index (κ1) is 10.7. The summed E-state index contributed by atoms with van der Waals surface area (Å²) in [6.07, 6.45) is 0. The van der Waals surface area contributed by atoms with Crippen LogP contribution in [0.5, 0.6) is 0 Å². The van der Waals surface area contributed by atoms with Gasteiger partial charge in [-0.15, -0.1) is 0 Å². The fourth-order valence-electron chi connectivity index (χ4n) is 1.22. The first-order chi connectivity index (χ1) is 6.25. The predicted octanol–water partition coefficient (Wildman–Crippen LogP) is 2.09. The third-order valence-corrected chi connectivity index (χ3v) is 2.66. The third kappa shape index (κ3) is 3.10. The second-order valence-corrected chi connectivity index (χ2v) is 3.78. The number of hydrogen-bond acceptors (Lipinski definition) is 2. The van der Waals surface area contributed by atoms with Gasteiger partial charge in [-0.05, 0) is 18.6 Å². The summed E-state index contributed by atoms with van der Waals surface area (Å²) in [6, 6.07) is 8.36. The number of hydrogen-bond donors (Lipinski definition) is 2. The van der Waals surface area contributed by atoms with Crippen LogP contribution in [0.15, 0.2) is 28.7 Å². The van der Waals surface area contributed by atoms with Crippen molar-refractivity contribution in [3.05, 3.63) is 34.3 Å². The highest BCUT2D eigenvalue weighted by Gasteiger charge is 2.06. The van der Waals surface area contributed by atoms with Crippen LogP contribution >= 0.6 is 15.9 Å². The maximum absolute atomic E-state index is 8.66. The van der Waals surface area contributed by atoms with E-state index < -0.39 is 0 Å². The molecular weight excluding hydrogens is 230 g/mol. The quantitative estimate of drug-likeness (QED) is 0.850. The van der Waals surface area contributed by atoms with Gasteiger partial charge in [0.25, 0.3) is 0 Å². The summed E-state index contributed by atoms with van der Waals surface area (Å²) in [4.78, 5) is 0. The normalized spacial score (nSPS) is 12.8. The molecule has 0 radical (unpaired) electrons. The van der Waals surface area contributed by atoms with Crippen molar-refractivity contribution in [2.24, 2.45) is 0 Å². The number of aliphatic hydroxyl groups is 1. The molecule has 0 aliphatic heterocycles. The molecule has 0 spiro atoms. The van der Waals surface area contributed by atoms with Gasteiger partial charge in [0, 0.05) is 17.1 Å². The highest BCUT2D eigenvalue weighted by atomic mass is 79.9. The molecule has 3 heteroatoms. The molecule has 72 valence electrons. The van der Waals surface area contributed by atoms with Gasteiger partial charge in [0.05, 0.1) is 6.61 Å².